The smallest absolute Gasteiger partial charge is 0.264 e. The molecule has 0 atom stereocenters. The summed E-state index contributed by atoms with van der Waals surface area (Å²) in [5, 5.41) is 7.50. The highest BCUT2D eigenvalue weighted by Gasteiger charge is 2.11. The second-order valence-electron chi connectivity index (χ2n) is 7.22. The molecule has 8 nitrogen and oxygen atoms in total. The molecular weight excluding hydrogens is 394 g/mol. The minimum absolute atomic E-state index is 0.0637. The maximum Gasteiger partial charge on any atom is 0.264 e. The van der Waals surface area contributed by atoms with Gasteiger partial charge in [-0.05, 0) is 24.6 Å². The average Bonchev–Trinajstić information content (AvgIpc) is 3.20. The Labute approximate surface area is 179 Å². The zero-order valence-electron chi connectivity index (χ0n) is 17.2. The van der Waals surface area contributed by atoms with Gasteiger partial charge in [0.15, 0.2) is 12.3 Å². The topological polar surface area (TPSA) is 91.0 Å². The van der Waals surface area contributed by atoms with Crippen molar-refractivity contribution in [2.45, 2.75) is 20.0 Å². The lowest BCUT2D eigenvalue weighted by atomic mass is 10.1. The Balaban J connectivity index is 1.35. The number of rotatable bonds is 8. The Hall–Kier alpha value is -3.94. The molecule has 0 saturated carbocycles. The number of carbonyl (C=O) groups is 1. The summed E-state index contributed by atoms with van der Waals surface area (Å²) in [4.78, 5) is 29.2. The number of aryl methyl sites for hydroxylation is 1. The van der Waals surface area contributed by atoms with Gasteiger partial charge in [-0.2, -0.15) is 5.10 Å². The Morgan fingerprint density at radius 2 is 1.87 bits per heavy atom. The number of nitrogens with one attached hydrogen (secondary N) is 1. The number of ether oxygens (including phenoxy) is 1. The van der Waals surface area contributed by atoms with Crippen LogP contribution in [0.4, 0.5) is 0 Å². The Morgan fingerprint density at radius 3 is 2.65 bits per heavy atom. The maximum atomic E-state index is 12.8. The number of benzene rings is 2. The van der Waals surface area contributed by atoms with E-state index in [0.29, 0.717) is 36.4 Å². The summed E-state index contributed by atoms with van der Waals surface area (Å²) < 4.78 is 8.61. The van der Waals surface area contributed by atoms with E-state index in [-0.39, 0.29) is 18.1 Å². The van der Waals surface area contributed by atoms with Gasteiger partial charge in [0.25, 0.3) is 11.5 Å². The van der Waals surface area contributed by atoms with Crippen LogP contribution in [0.5, 0.6) is 5.75 Å². The molecular formula is C23H23N5O3. The van der Waals surface area contributed by atoms with E-state index in [1.54, 1.807) is 21.4 Å². The van der Waals surface area contributed by atoms with E-state index >= 15 is 0 Å². The average molecular weight is 417 g/mol. The van der Waals surface area contributed by atoms with Gasteiger partial charge in [0, 0.05) is 6.54 Å². The zero-order chi connectivity index (χ0) is 21.6. The summed E-state index contributed by atoms with van der Waals surface area (Å²) in [6.07, 6.45) is 3.06. The largest absolute Gasteiger partial charge is 0.484 e. The monoisotopic (exact) mass is 417 g/mol. The molecule has 0 spiro atoms. The third-order valence-corrected chi connectivity index (χ3v) is 4.85. The molecule has 1 amide bonds. The van der Waals surface area contributed by atoms with E-state index in [4.69, 9.17) is 4.74 Å². The van der Waals surface area contributed by atoms with Crippen LogP contribution >= 0.6 is 0 Å². The number of hydrogen-bond acceptors (Lipinski definition) is 5. The minimum Gasteiger partial charge on any atom is -0.484 e. The highest BCUT2D eigenvalue weighted by atomic mass is 16.5. The third kappa shape index (κ3) is 4.98. The first-order chi connectivity index (χ1) is 15.1. The highest BCUT2D eigenvalue weighted by Crippen LogP contribution is 2.09. The fraction of sp³-hybridized carbons (Fsp3) is 0.217. The van der Waals surface area contributed by atoms with Crippen molar-refractivity contribution < 1.29 is 9.53 Å². The number of carbonyl (C=O) groups excluding carboxylic acids is 1. The van der Waals surface area contributed by atoms with Gasteiger partial charge in [-0.25, -0.2) is 9.67 Å². The molecule has 0 saturated heterocycles. The lowest BCUT2D eigenvalue weighted by Crippen LogP contribution is -2.31. The van der Waals surface area contributed by atoms with Gasteiger partial charge in [0.2, 0.25) is 0 Å². The van der Waals surface area contributed by atoms with Crippen molar-refractivity contribution >= 4 is 16.9 Å². The van der Waals surface area contributed by atoms with Crippen LogP contribution in [-0.4, -0.2) is 38.4 Å². The van der Waals surface area contributed by atoms with E-state index in [2.05, 4.69) is 15.4 Å². The normalized spacial score (nSPS) is 10.9. The third-order valence-electron chi connectivity index (χ3n) is 4.85. The van der Waals surface area contributed by atoms with Gasteiger partial charge < -0.3 is 10.1 Å². The second-order valence-corrected chi connectivity index (χ2v) is 7.22. The molecule has 2 aromatic heterocycles. The maximum absolute atomic E-state index is 12.8. The van der Waals surface area contributed by atoms with E-state index < -0.39 is 0 Å². The van der Waals surface area contributed by atoms with E-state index in [9.17, 15) is 9.59 Å². The summed E-state index contributed by atoms with van der Waals surface area (Å²) in [5.41, 5.74) is 2.56. The first-order valence-electron chi connectivity index (χ1n) is 10.0. The fourth-order valence-corrected chi connectivity index (χ4v) is 3.18. The molecule has 2 aromatic carbocycles. The van der Waals surface area contributed by atoms with Gasteiger partial charge in [-0.1, -0.05) is 48.0 Å². The molecule has 1 N–H and O–H groups in total. The van der Waals surface area contributed by atoms with Crippen LogP contribution in [0.15, 0.2) is 71.9 Å². The van der Waals surface area contributed by atoms with Crippen molar-refractivity contribution in [2.24, 2.45) is 0 Å². The van der Waals surface area contributed by atoms with Crippen LogP contribution in [0.25, 0.3) is 11.0 Å². The van der Waals surface area contributed by atoms with Gasteiger partial charge in [-0.15, -0.1) is 0 Å². The van der Waals surface area contributed by atoms with Crippen molar-refractivity contribution in [1.29, 1.82) is 0 Å². The number of para-hydroxylation sites is 1. The molecule has 0 fully saturated rings. The van der Waals surface area contributed by atoms with Crippen LogP contribution in [-0.2, 0) is 17.9 Å². The van der Waals surface area contributed by atoms with Crippen LogP contribution in [0.1, 0.15) is 11.1 Å². The molecule has 4 rings (SSSR count). The van der Waals surface area contributed by atoms with E-state index in [1.165, 1.54) is 18.1 Å². The summed E-state index contributed by atoms with van der Waals surface area (Å²) in [6, 6.07) is 17.2. The molecule has 158 valence electrons. The number of fused-ring (bicyclic) bond motifs is 1. The van der Waals surface area contributed by atoms with Gasteiger partial charge in [0.1, 0.15) is 17.5 Å². The lowest BCUT2D eigenvalue weighted by Gasteiger charge is -2.08. The first-order valence-corrected chi connectivity index (χ1v) is 10.0. The van der Waals surface area contributed by atoms with Crippen molar-refractivity contribution in [2.75, 3.05) is 13.2 Å². The van der Waals surface area contributed by atoms with E-state index in [1.807, 2.05) is 49.4 Å². The molecule has 8 heteroatoms. The SMILES string of the molecule is Cc1ccc(Cn2cnc3c(cnn3CCNC(=O)COc3ccccc3)c2=O)cc1. The van der Waals surface area contributed by atoms with Gasteiger partial charge in [0.05, 0.1) is 19.3 Å². The number of amides is 1. The lowest BCUT2D eigenvalue weighted by molar-refractivity contribution is -0.123. The standard InChI is InChI=1S/C23H23N5O3/c1-17-7-9-18(10-8-17)14-27-16-25-22-20(23(27)30)13-26-28(22)12-11-24-21(29)15-31-19-5-3-2-4-6-19/h2-10,13,16H,11-12,14-15H2,1H3,(H,24,29). The minimum atomic E-state index is -0.228. The summed E-state index contributed by atoms with van der Waals surface area (Å²) in [6.45, 7) is 3.16. The van der Waals surface area contributed by atoms with Gasteiger partial charge >= 0.3 is 0 Å². The predicted octanol–water partition coefficient (Wildman–Crippen LogP) is 2.14. The number of nitrogens with zero attached hydrogens (tertiary/aromatic N) is 4. The second kappa shape index (κ2) is 9.25. The quantitative estimate of drug-likeness (QED) is 0.474. The first kappa shape index (κ1) is 20.3. The number of aromatic nitrogens is 4. The van der Waals surface area contributed by atoms with Crippen LogP contribution in [0, 0.1) is 6.92 Å². The molecule has 2 heterocycles. The Bertz CT molecular complexity index is 1230. The fourth-order valence-electron chi connectivity index (χ4n) is 3.18. The van der Waals surface area contributed by atoms with Crippen molar-refractivity contribution in [3.8, 4) is 5.75 Å². The molecule has 0 aliphatic carbocycles. The molecule has 0 radical (unpaired) electrons. The molecule has 0 bridgehead atoms. The summed E-state index contributed by atoms with van der Waals surface area (Å²) >= 11 is 0. The van der Waals surface area contributed by atoms with E-state index in [0.717, 1.165) is 5.56 Å². The zero-order valence-corrected chi connectivity index (χ0v) is 17.2. The molecule has 0 aliphatic rings. The Kier molecular flexibility index (Phi) is 6.07. The van der Waals surface area contributed by atoms with Crippen LogP contribution in [0.2, 0.25) is 0 Å². The van der Waals surface area contributed by atoms with Gasteiger partial charge in [-0.3, -0.25) is 14.2 Å². The Morgan fingerprint density at radius 1 is 1.10 bits per heavy atom. The predicted molar refractivity (Wildman–Crippen MR) is 117 cm³/mol. The summed E-state index contributed by atoms with van der Waals surface area (Å²) in [5.74, 6) is 0.413. The van der Waals surface area contributed by atoms with Crippen molar-refractivity contribution in [3.63, 3.8) is 0 Å². The molecule has 0 aliphatic heterocycles. The number of hydrogen-bond donors (Lipinski definition) is 1. The molecule has 0 unspecified atom stereocenters. The highest BCUT2D eigenvalue weighted by molar-refractivity contribution is 5.77. The van der Waals surface area contributed by atoms with Crippen molar-refractivity contribution in [3.05, 3.63) is 88.6 Å². The summed E-state index contributed by atoms with van der Waals surface area (Å²) in [7, 11) is 0. The molecule has 31 heavy (non-hydrogen) atoms. The molecule has 4 aromatic rings. The van der Waals surface area contributed by atoms with Crippen LogP contribution < -0.4 is 15.6 Å². The van der Waals surface area contributed by atoms with Crippen molar-refractivity contribution in [1.82, 2.24) is 24.6 Å². The van der Waals surface area contributed by atoms with Crippen LogP contribution in [0.3, 0.4) is 0 Å².